The fourth-order valence-corrected chi connectivity index (χ4v) is 1.69. The Hall–Kier alpha value is -1.85. The van der Waals surface area contributed by atoms with Gasteiger partial charge in [0.25, 0.3) is 0 Å². The molecule has 1 aliphatic carbocycles. The number of hydrogen-bond donors (Lipinski definition) is 3. The van der Waals surface area contributed by atoms with Crippen molar-refractivity contribution in [1.82, 2.24) is 9.97 Å². The van der Waals surface area contributed by atoms with E-state index in [1.54, 1.807) is 0 Å². The number of aliphatic carboxylic acids is 1. The van der Waals surface area contributed by atoms with E-state index >= 15 is 0 Å². The molecule has 0 radical (unpaired) electrons. The lowest BCUT2D eigenvalue weighted by Crippen LogP contribution is -2.15. The molecule has 18 heavy (non-hydrogen) atoms. The van der Waals surface area contributed by atoms with Crippen LogP contribution in [0.15, 0.2) is 12.4 Å². The van der Waals surface area contributed by atoms with E-state index in [9.17, 15) is 4.79 Å². The molecule has 3 atom stereocenters. The monoisotopic (exact) mass is 250 g/mol. The Labute approximate surface area is 106 Å². The molecule has 98 valence electrons. The average molecular weight is 250 g/mol. The topological polar surface area (TPSA) is 87.1 Å². The zero-order valence-corrected chi connectivity index (χ0v) is 10.6. The maximum absolute atomic E-state index is 10.7. The van der Waals surface area contributed by atoms with Crippen molar-refractivity contribution in [3.63, 3.8) is 0 Å². The summed E-state index contributed by atoms with van der Waals surface area (Å²) in [5.74, 6) is 0.393. The maximum atomic E-state index is 10.7. The Bertz CT molecular complexity index is 438. The van der Waals surface area contributed by atoms with E-state index in [1.165, 1.54) is 6.33 Å². The van der Waals surface area contributed by atoms with Gasteiger partial charge in [-0.25, -0.2) is 9.97 Å². The van der Waals surface area contributed by atoms with E-state index in [0.717, 1.165) is 12.2 Å². The Morgan fingerprint density at radius 3 is 2.89 bits per heavy atom. The van der Waals surface area contributed by atoms with Crippen molar-refractivity contribution >= 4 is 17.6 Å². The molecule has 6 heteroatoms. The summed E-state index contributed by atoms with van der Waals surface area (Å²) in [6.45, 7) is 4.18. The van der Waals surface area contributed by atoms with Gasteiger partial charge in [0.15, 0.2) is 0 Å². The number of carbonyl (C=O) groups is 1. The van der Waals surface area contributed by atoms with E-state index in [0.29, 0.717) is 18.3 Å². The molecule has 6 nitrogen and oxygen atoms in total. The third-order valence-electron chi connectivity index (χ3n) is 3.11. The lowest BCUT2D eigenvalue weighted by molar-refractivity contribution is -0.138. The first-order chi connectivity index (χ1) is 8.60. The Morgan fingerprint density at radius 1 is 1.56 bits per heavy atom. The first-order valence-electron chi connectivity index (χ1n) is 6.18. The predicted molar refractivity (Wildman–Crippen MR) is 68.6 cm³/mol. The van der Waals surface area contributed by atoms with Crippen LogP contribution in [0.2, 0.25) is 0 Å². The SMILES string of the molecule is CCC(C)Nc1cc(NC2CC2C(=O)O)ncn1. The molecule has 3 N–H and O–H groups in total. The number of aromatic nitrogens is 2. The van der Waals surface area contributed by atoms with Crippen LogP contribution < -0.4 is 10.6 Å². The van der Waals surface area contributed by atoms with Crippen molar-refractivity contribution in [2.75, 3.05) is 10.6 Å². The minimum Gasteiger partial charge on any atom is -0.481 e. The maximum Gasteiger partial charge on any atom is 0.308 e. The van der Waals surface area contributed by atoms with Crippen LogP contribution >= 0.6 is 0 Å². The summed E-state index contributed by atoms with van der Waals surface area (Å²) >= 11 is 0. The van der Waals surface area contributed by atoms with Gasteiger partial charge in [-0.3, -0.25) is 4.79 Å². The molecule has 0 saturated heterocycles. The fourth-order valence-electron chi connectivity index (χ4n) is 1.69. The number of anilines is 2. The molecule has 0 aliphatic heterocycles. The minimum absolute atomic E-state index is 0.00570. The molecule has 0 aromatic carbocycles. The largest absolute Gasteiger partial charge is 0.481 e. The van der Waals surface area contributed by atoms with Crippen molar-refractivity contribution in [2.24, 2.45) is 5.92 Å². The highest BCUT2D eigenvalue weighted by Gasteiger charge is 2.43. The van der Waals surface area contributed by atoms with Crippen LogP contribution in [0.25, 0.3) is 0 Å². The highest BCUT2D eigenvalue weighted by atomic mass is 16.4. The van der Waals surface area contributed by atoms with Crippen molar-refractivity contribution in [3.05, 3.63) is 12.4 Å². The van der Waals surface area contributed by atoms with Crippen molar-refractivity contribution < 1.29 is 9.90 Å². The van der Waals surface area contributed by atoms with Gasteiger partial charge in [-0.2, -0.15) is 0 Å². The zero-order valence-electron chi connectivity index (χ0n) is 10.6. The normalized spacial score (nSPS) is 23.2. The molecule has 2 rings (SSSR count). The van der Waals surface area contributed by atoms with Crippen LogP contribution in [0, 0.1) is 5.92 Å². The molecule has 0 amide bonds. The minimum atomic E-state index is -0.750. The highest BCUT2D eigenvalue weighted by Crippen LogP contribution is 2.33. The summed E-state index contributed by atoms with van der Waals surface area (Å²) in [6, 6.07) is 2.15. The molecule has 1 fully saturated rings. The standard InChI is InChI=1S/C12H18N4O2/c1-3-7(2)15-10-5-11(14-6-13-10)16-9-4-8(9)12(17)18/h5-9H,3-4H2,1-2H3,(H,17,18)(H2,13,14,15,16). The summed E-state index contributed by atoms with van der Waals surface area (Å²) in [4.78, 5) is 19.0. The summed E-state index contributed by atoms with van der Waals surface area (Å²) in [7, 11) is 0. The first-order valence-corrected chi connectivity index (χ1v) is 6.18. The third kappa shape index (κ3) is 3.09. The van der Waals surface area contributed by atoms with Gasteiger partial charge < -0.3 is 15.7 Å². The number of nitrogens with one attached hydrogen (secondary N) is 2. The van der Waals surface area contributed by atoms with E-state index < -0.39 is 5.97 Å². The van der Waals surface area contributed by atoms with Crippen molar-refractivity contribution in [1.29, 1.82) is 0 Å². The summed E-state index contributed by atoms with van der Waals surface area (Å²) in [5, 5.41) is 15.2. The van der Waals surface area contributed by atoms with Gasteiger partial charge in [-0.1, -0.05) is 6.92 Å². The van der Waals surface area contributed by atoms with Crippen LogP contribution in [0.1, 0.15) is 26.7 Å². The number of hydrogen-bond acceptors (Lipinski definition) is 5. The predicted octanol–water partition coefficient (Wildman–Crippen LogP) is 1.57. The molecule has 3 unspecified atom stereocenters. The van der Waals surface area contributed by atoms with E-state index in [2.05, 4.69) is 34.4 Å². The van der Waals surface area contributed by atoms with Gasteiger partial charge in [-0.15, -0.1) is 0 Å². The van der Waals surface area contributed by atoms with Crippen LogP contribution in [0.5, 0.6) is 0 Å². The van der Waals surface area contributed by atoms with Gasteiger partial charge in [0.2, 0.25) is 0 Å². The fraction of sp³-hybridized carbons (Fsp3) is 0.583. The van der Waals surface area contributed by atoms with Crippen molar-refractivity contribution in [2.45, 2.75) is 38.8 Å². The average Bonchev–Trinajstić information content (AvgIpc) is 3.09. The molecule has 1 aromatic rings. The van der Waals surface area contributed by atoms with E-state index in [-0.39, 0.29) is 12.0 Å². The molecule has 1 aliphatic rings. The van der Waals surface area contributed by atoms with Gasteiger partial charge in [0.05, 0.1) is 5.92 Å². The molecule has 0 spiro atoms. The first kappa shape index (κ1) is 12.6. The number of carboxylic acid groups (broad SMARTS) is 1. The van der Waals surface area contributed by atoms with Gasteiger partial charge in [0.1, 0.15) is 18.0 Å². The van der Waals surface area contributed by atoms with Crippen LogP contribution in [-0.4, -0.2) is 33.1 Å². The Balaban J connectivity index is 1.94. The number of carboxylic acids is 1. The number of rotatable bonds is 6. The molecule has 0 bridgehead atoms. The molecular formula is C12H18N4O2. The highest BCUT2D eigenvalue weighted by molar-refractivity contribution is 5.75. The van der Waals surface area contributed by atoms with Crippen LogP contribution in [-0.2, 0) is 4.79 Å². The van der Waals surface area contributed by atoms with Gasteiger partial charge in [-0.05, 0) is 19.8 Å². The third-order valence-corrected chi connectivity index (χ3v) is 3.11. The zero-order chi connectivity index (χ0) is 13.1. The Morgan fingerprint density at radius 2 is 2.28 bits per heavy atom. The number of nitrogens with zero attached hydrogens (tertiary/aromatic N) is 2. The summed E-state index contributed by atoms with van der Waals surface area (Å²) in [6.07, 6.45) is 3.15. The molecule has 1 aromatic heterocycles. The smallest absolute Gasteiger partial charge is 0.308 e. The lowest BCUT2D eigenvalue weighted by Gasteiger charge is -2.12. The molecular weight excluding hydrogens is 232 g/mol. The van der Waals surface area contributed by atoms with Crippen LogP contribution in [0.3, 0.4) is 0 Å². The molecule has 1 saturated carbocycles. The van der Waals surface area contributed by atoms with Crippen LogP contribution in [0.4, 0.5) is 11.6 Å². The van der Waals surface area contributed by atoms with Gasteiger partial charge in [0, 0.05) is 18.2 Å². The Kier molecular flexibility index (Phi) is 3.64. The van der Waals surface area contributed by atoms with E-state index in [1.807, 2.05) is 6.07 Å². The second-order valence-electron chi connectivity index (χ2n) is 4.67. The van der Waals surface area contributed by atoms with Crippen molar-refractivity contribution in [3.8, 4) is 0 Å². The van der Waals surface area contributed by atoms with Gasteiger partial charge >= 0.3 is 5.97 Å². The summed E-state index contributed by atoms with van der Waals surface area (Å²) < 4.78 is 0. The summed E-state index contributed by atoms with van der Waals surface area (Å²) in [5.41, 5.74) is 0. The molecule has 1 heterocycles. The second-order valence-corrected chi connectivity index (χ2v) is 4.67. The van der Waals surface area contributed by atoms with E-state index in [4.69, 9.17) is 5.11 Å². The quantitative estimate of drug-likeness (QED) is 0.710. The lowest BCUT2D eigenvalue weighted by atomic mass is 10.2. The second kappa shape index (κ2) is 5.20.